The Bertz CT molecular complexity index is 449. The van der Waals surface area contributed by atoms with Crippen molar-refractivity contribution >= 4 is 11.8 Å². The van der Waals surface area contributed by atoms with Crippen LogP contribution in [0.25, 0.3) is 0 Å². The van der Waals surface area contributed by atoms with E-state index in [4.69, 9.17) is 0 Å². The molecule has 0 spiro atoms. The molecule has 19 heavy (non-hydrogen) atoms. The van der Waals surface area contributed by atoms with Gasteiger partial charge in [0.15, 0.2) is 0 Å². The second kappa shape index (κ2) is 6.29. The zero-order valence-corrected chi connectivity index (χ0v) is 10.9. The number of hydrogen-bond acceptors (Lipinski definition) is 4. The first-order valence-electron chi connectivity index (χ1n) is 6.37. The molecule has 6 nitrogen and oxygen atoms in total. The van der Waals surface area contributed by atoms with Gasteiger partial charge in [-0.2, -0.15) is 0 Å². The van der Waals surface area contributed by atoms with Gasteiger partial charge in [-0.25, -0.2) is 0 Å². The number of hydrogen-bond donors (Lipinski definition) is 2. The van der Waals surface area contributed by atoms with E-state index in [-0.39, 0.29) is 18.4 Å². The molecule has 2 rings (SSSR count). The molecule has 0 bridgehead atoms. The van der Waals surface area contributed by atoms with Crippen molar-refractivity contribution < 1.29 is 9.59 Å². The SMILES string of the molecule is CC1CN(C(=O)CNC(=O)c2ccccn2)CCN1. The van der Waals surface area contributed by atoms with Crippen LogP contribution in [0.3, 0.4) is 0 Å². The third-order valence-electron chi connectivity index (χ3n) is 3.02. The van der Waals surface area contributed by atoms with Crippen LogP contribution < -0.4 is 10.6 Å². The number of piperazine rings is 1. The van der Waals surface area contributed by atoms with Crippen LogP contribution in [0, 0.1) is 0 Å². The van der Waals surface area contributed by atoms with Crippen molar-refractivity contribution in [1.29, 1.82) is 0 Å². The van der Waals surface area contributed by atoms with Crippen LogP contribution in [0.1, 0.15) is 17.4 Å². The maximum atomic E-state index is 11.9. The van der Waals surface area contributed by atoms with E-state index in [2.05, 4.69) is 15.6 Å². The standard InChI is InChI=1S/C13H18N4O2/c1-10-9-17(7-6-14-10)12(18)8-16-13(19)11-4-2-3-5-15-11/h2-5,10,14H,6-9H2,1H3,(H,16,19). The van der Waals surface area contributed by atoms with Gasteiger partial charge in [0.1, 0.15) is 5.69 Å². The highest BCUT2D eigenvalue weighted by Crippen LogP contribution is 1.99. The van der Waals surface area contributed by atoms with Gasteiger partial charge in [0.05, 0.1) is 6.54 Å². The van der Waals surface area contributed by atoms with E-state index in [9.17, 15) is 9.59 Å². The molecule has 2 N–H and O–H groups in total. The van der Waals surface area contributed by atoms with Crippen molar-refractivity contribution in [2.75, 3.05) is 26.2 Å². The van der Waals surface area contributed by atoms with Crippen LogP contribution in [-0.4, -0.2) is 53.9 Å². The molecule has 2 heterocycles. The van der Waals surface area contributed by atoms with Crippen molar-refractivity contribution in [3.63, 3.8) is 0 Å². The summed E-state index contributed by atoms with van der Waals surface area (Å²) in [5.74, 6) is -0.380. The van der Waals surface area contributed by atoms with E-state index in [1.54, 1.807) is 29.3 Å². The van der Waals surface area contributed by atoms with Gasteiger partial charge in [0, 0.05) is 31.9 Å². The lowest BCUT2D eigenvalue weighted by atomic mass is 10.2. The maximum absolute atomic E-state index is 11.9. The molecule has 1 aromatic rings. The molecule has 1 aliphatic heterocycles. The Morgan fingerprint density at radius 1 is 1.53 bits per heavy atom. The number of pyridine rings is 1. The highest BCUT2D eigenvalue weighted by atomic mass is 16.2. The molecule has 1 aliphatic rings. The molecule has 1 unspecified atom stereocenters. The first-order valence-corrected chi connectivity index (χ1v) is 6.37. The van der Waals surface area contributed by atoms with Crippen LogP contribution in [0.4, 0.5) is 0 Å². The molecule has 102 valence electrons. The highest BCUT2D eigenvalue weighted by molar-refractivity contribution is 5.94. The lowest BCUT2D eigenvalue weighted by Crippen LogP contribution is -2.53. The van der Waals surface area contributed by atoms with Gasteiger partial charge < -0.3 is 15.5 Å². The average Bonchev–Trinajstić information content (AvgIpc) is 2.45. The topological polar surface area (TPSA) is 74.3 Å². The van der Waals surface area contributed by atoms with Crippen molar-refractivity contribution in [3.8, 4) is 0 Å². The number of carbonyl (C=O) groups is 2. The minimum absolute atomic E-state index is 0.0160. The third-order valence-corrected chi connectivity index (χ3v) is 3.02. The summed E-state index contributed by atoms with van der Waals surface area (Å²) in [6.45, 7) is 4.20. The Morgan fingerprint density at radius 3 is 3.05 bits per heavy atom. The zero-order chi connectivity index (χ0) is 13.7. The van der Waals surface area contributed by atoms with Gasteiger partial charge in [-0.1, -0.05) is 6.07 Å². The predicted molar refractivity (Wildman–Crippen MR) is 70.6 cm³/mol. The Kier molecular flexibility index (Phi) is 4.46. The molecule has 0 radical (unpaired) electrons. The fourth-order valence-electron chi connectivity index (χ4n) is 2.01. The number of rotatable bonds is 3. The summed E-state index contributed by atoms with van der Waals surface area (Å²) in [6.07, 6.45) is 1.55. The molecule has 0 aromatic carbocycles. The molecule has 1 atom stereocenters. The van der Waals surface area contributed by atoms with E-state index < -0.39 is 0 Å². The summed E-state index contributed by atoms with van der Waals surface area (Å²) in [5, 5.41) is 5.86. The Balaban J connectivity index is 1.82. The van der Waals surface area contributed by atoms with Gasteiger partial charge >= 0.3 is 0 Å². The van der Waals surface area contributed by atoms with Gasteiger partial charge in [-0.3, -0.25) is 14.6 Å². The second-order valence-electron chi connectivity index (χ2n) is 4.59. The van der Waals surface area contributed by atoms with Crippen molar-refractivity contribution in [2.45, 2.75) is 13.0 Å². The second-order valence-corrected chi connectivity index (χ2v) is 4.59. The molecular weight excluding hydrogens is 244 g/mol. The monoisotopic (exact) mass is 262 g/mol. The van der Waals surface area contributed by atoms with Gasteiger partial charge in [-0.05, 0) is 19.1 Å². The first-order chi connectivity index (χ1) is 9.16. The molecular formula is C13H18N4O2. The highest BCUT2D eigenvalue weighted by Gasteiger charge is 2.20. The molecule has 1 fully saturated rings. The lowest BCUT2D eigenvalue weighted by molar-refractivity contribution is -0.131. The molecule has 1 aromatic heterocycles. The Hall–Kier alpha value is -1.95. The summed E-state index contributed by atoms with van der Waals surface area (Å²) >= 11 is 0. The Morgan fingerprint density at radius 2 is 2.37 bits per heavy atom. The maximum Gasteiger partial charge on any atom is 0.270 e. The number of aromatic nitrogens is 1. The van der Waals surface area contributed by atoms with Gasteiger partial charge in [0.25, 0.3) is 5.91 Å². The van der Waals surface area contributed by atoms with Crippen LogP contribution in [0.5, 0.6) is 0 Å². The van der Waals surface area contributed by atoms with E-state index in [0.717, 1.165) is 6.54 Å². The lowest BCUT2D eigenvalue weighted by Gasteiger charge is -2.31. The van der Waals surface area contributed by atoms with Crippen LogP contribution in [-0.2, 0) is 4.79 Å². The number of nitrogens with one attached hydrogen (secondary N) is 2. The smallest absolute Gasteiger partial charge is 0.270 e. The zero-order valence-electron chi connectivity index (χ0n) is 10.9. The number of nitrogens with zero attached hydrogens (tertiary/aromatic N) is 2. The first kappa shape index (κ1) is 13.5. The molecule has 0 aliphatic carbocycles. The number of carbonyl (C=O) groups excluding carboxylic acids is 2. The summed E-state index contributed by atoms with van der Waals surface area (Å²) < 4.78 is 0. The van der Waals surface area contributed by atoms with Crippen LogP contribution in [0.15, 0.2) is 24.4 Å². The molecule has 1 saturated heterocycles. The van der Waals surface area contributed by atoms with E-state index in [0.29, 0.717) is 24.8 Å². The Labute approximate surface area is 112 Å². The van der Waals surface area contributed by atoms with Gasteiger partial charge in [0.2, 0.25) is 5.91 Å². The summed E-state index contributed by atoms with van der Waals surface area (Å²) in [6, 6.07) is 5.39. The minimum Gasteiger partial charge on any atom is -0.342 e. The molecule has 6 heteroatoms. The predicted octanol–water partition coefficient (Wildman–Crippen LogP) is -0.368. The third kappa shape index (κ3) is 3.75. The quantitative estimate of drug-likeness (QED) is 0.779. The van der Waals surface area contributed by atoms with E-state index >= 15 is 0 Å². The minimum atomic E-state index is -0.322. The van der Waals surface area contributed by atoms with E-state index in [1.165, 1.54) is 0 Å². The number of amides is 2. The molecule has 2 amide bonds. The van der Waals surface area contributed by atoms with Crippen molar-refractivity contribution in [3.05, 3.63) is 30.1 Å². The fourth-order valence-corrected chi connectivity index (χ4v) is 2.01. The summed E-state index contributed by atoms with van der Waals surface area (Å²) in [4.78, 5) is 29.4. The normalized spacial score (nSPS) is 19.0. The molecule has 0 saturated carbocycles. The fraction of sp³-hybridized carbons (Fsp3) is 0.462. The van der Waals surface area contributed by atoms with E-state index in [1.807, 2.05) is 6.92 Å². The van der Waals surface area contributed by atoms with Crippen LogP contribution in [0.2, 0.25) is 0 Å². The van der Waals surface area contributed by atoms with Gasteiger partial charge in [-0.15, -0.1) is 0 Å². The summed E-state index contributed by atoms with van der Waals surface area (Å²) in [5.41, 5.74) is 0.323. The van der Waals surface area contributed by atoms with Crippen molar-refractivity contribution in [1.82, 2.24) is 20.5 Å². The van der Waals surface area contributed by atoms with Crippen LogP contribution >= 0.6 is 0 Å². The largest absolute Gasteiger partial charge is 0.342 e. The van der Waals surface area contributed by atoms with Crippen molar-refractivity contribution in [2.24, 2.45) is 0 Å². The average molecular weight is 262 g/mol. The summed E-state index contributed by atoms with van der Waals surface area (Å²) in [7, 11) is 0.